The van der Waals surface area contributed by atoms with Gasteiger partial charge in [-0.15, -0.1) is 11.3 Å². The third kappa shape index (κ3) is 4.07. The Morgan fingerprint density at radius 2 is 2.00 bits per heavy atom. The molecule has 2 aromatic heterocycles. The molecule has 0 saturated heterocycles. The molecule has 4 rings (SSSR count). The van der Waals surface area contributed by atoms with Crippen LogP contribution in [-0.4, -0.2) is 23.7 Å². The number of nitrogens with one attached hydrogen (secondary N) is 1. The number of furan rings is 1. The fraction of sp³-hybridized carbons (Fsp3) is 0.0500. The standard InChI is InChI=1S/C20H14FN3O3S/c21-14-5-1-3-7-16(14)26-12-19(25)24-22-11-13-9-10-17(27-13)20-23-15-6-2-4-8-18(15)28-20/h1-11H,12H2,(H,24,25)/b22-11-. The monoisotopic (exact) mass is 395 g/mol. The van der Waals surface area contributed by atoms with E-state index in [0.717, 1.165) is 15.2 Å². The van der Waals surface area contributed by atoms with E-state index in [2.05, 4.69) is 15.5 Å². The summed E-state index contributed by atoms with van der Waals surface area (Å²) >= 11 is 1.53. The molecule has 0 bridgehead atoms. The van der Waals surface area contributed by atoms with Crippen LogP contribution in [0.3, 0.4) is 0 Å². The van der Waals surface area contributed by atoms with Crippen LogP contribution in [0, 0.1) is 5.82 Å². The van der Waals surface area contributed by atoms with Gasteiger partial charge in [0.25, 0.3) is 5.91 Å². The molecule has 6 nitrogen and oxygen atoms in total. The largest absolute Gasteiger partial charge is 0.481 e. The maximum Gasteiger partial charge on any atom is 0.277 e. The molecule has 0 aliphatic carbocycles. The summed E-state index contributed by atoms with van der Waals surface area (Å²) in [5.41, 5.74) is 3.21. The minimum absolute atomic E-state index is 0.00754. The van der Waals surface area contributed by atoms with Gasteiger partial charge in [-0.1, -0.05) is 24.3 Å². The quantitative estimate of drug-likeness (QED) is 0.392. The van der Waals surface area contributed by atoms with Gasteiger partial charge in [0, 0.05) is 0 Å². The summed E-state index contributed by atoms with van der Waals surface area (Å²) in [6.45, 7) is -0.354. The maximum atomic E-state index is 13.4. The van der Waals surface area contributed by atoms with Crippen LogP contribution in [0.1, 0.15) is 5.76 Å². The fourth-order valence-corrected chi connectivity index (χ4v) is 3.35. The third-order valence-corrected chi connectivity index (χ3v) is 4.76. The number of hydrogen-bond acceptors (Lipinski definition) is 6. The number of aromatic nitrogens is 1. The Labute approximate surface area is 163 Å². The summed E-state index contributed by atoms with van der Waals surface area (Å²) in [6.07, 6.45) is 1.37. The van der Waals surface area contributed by atoms with Gasteiger partial charge in [-0.05, 0) is 36.4 Å². The van der Waals surface area contributed by atoms with E-state index < -0.39 is 11.7 Å². The Kier molecular flexibility index (Phi) is 5.11. The lowest BCUT2D eigenvalue weighted by molar-refractivity contribution is -0.123. The average molecular weight is 395 g/mol. The number of halogens is 1. The lowest BCUT2D eigenvalue weighted by Gasteiger charge is -2.05. The van der Waals surface area contributed by atoms with Crippen molar-refractivity contribution in [2.45, 2.75) is 0 Å². The number of ether oxygens (including phenoxy) is 1. The van der Waals surface area contributed by atoms with Gasteiger partial charge in [0.2, 0.25) is 0 Å². The highest BCUT2D eigenvalue weighted by Crippen LogP contribution is 2.30. The van der Waals surface area contributed by atoms with Gasteiger partial charge in [0.05, 0.1) is 16.4 Å². The van der Waals surface area contributed by atoms with Crippen LogP contribution in [0.5, 0.6) is 5.75 Å². The lowest BCUT2D eigenvalue weighted by Crippen LogP contribution is -2.24. The maximum absolute atomic E-state index is 13.4. The molecule has 8 heteroatoms. The minimum Gasteiger partial charge on any atom is -0.481 e. The molecule has 0 saturated carbocycles. The van der Waals surface area contributed by atoms with Crippen LogP contribution in [-0.2, 0) is 4.79 Å². The Balaban J connectivity index is 1.34. The highest BCUT2D eigenvalue weighted by molar-refractivity contribution is 7.21. The first-order chi connectivity index (χ1) is 13.7. The van der Waals surface area contributed by atoms with Crippen LogP contribution < -0.4 is 10.2 Å². The van der Waals surface area contributed by atoms with E-state index in [4.69, 9.17) is 9.15 Å². The second-order valence-corrected chi connectivity index (χ2v) is 6.73. The Morgan fingerprint density at radius 3 is 2.86 bits per heavy atom. The van der Waals surface area contributed by atoms with E-state index in [0.29, 0.717) is 11.5 Å². The minimum atomic E-state index is -0.531. The number of thiazole rings is 1. The lowest BCUT2D eigenvalue weighted by atomic mass is 10.3. The number of amides is 1. The van der Waals surface area contributed by atoms with Gasteiger partial charge in [0.1, 0.15) is 5.76 Å². The van der Waals surface area contributed by atoms with Crippen molar-refractivity contribution in [2.75, 3.05) is 6.61 Å². The van der Waals surface area contributed by atoms with Crippen LogP contribution in [0.4, 0.5) is 4.39 Å². The summed E-state index contributed by atoms with van der Waals surface area (Å²) < 4.78 is 25.3. The van der Waals surface area contributed by atoms with Crippen molar-refractivity contribution < 1.29 is 18.3 Å². The molecule has 0 spiro atoms. The third-order valence-electron chi connectivity index (χ3n) is 3.71. The zero-order valence-electron chi connectivity index (χ0n) is 14.5. The molecule has 0 fully saturated rings. The number of rotatable bonds is 6. The highest BCUT2D eigenvalue weighted by Gasteiger charge is 2.10. The van der Waals surface area contributed by atoms with Gasteiger partial charge in [0.15, 0.2) is 28.9 Å². The van der Waals surface area contributed by atoms with Crippen molar-refractivity contribution >= 4 is 33.7 Å². The molecule has 1 amide bonds. The van der Waals surface area contributed by atoms with Crippen molar-refractivity contribution in [1.29, 1.82) is 0 Å². The Hall–Kier alpha value is -3.52. The molecule has 140 valence electrons. The zero-order valence-corrected chi connectivity index (χ0v) is 15.3. The van der Waals surface area contributed by atoms with Crippen molar-refractivity contribution in [3.8, 4) is 16.5 Å². The molecule has 0 atom stereocenters. The second-order valence-electron chi connectivity index (χ2n) is 5.70. The first-order valence-corrected chi connectivity index (χ1v) is 9.16. The molecule has 4 aromatic rings. The molecule has 2 aromatic carbocycles. The van der Waals surface area contributed by atoms with E-state index in [1.165, 1.54) is 29.7 Å². The highest BCUT2D eigenvalue weighted by atomic mass is 32.1. The molecule has 0 unspecified atom stereocenters. The smallest absolute Gasteiger partial charge is 0.277 e. The van der Waals surface area contributed by atoms with Crippen LogP contribution in [0.2, 0.25) is 0 Å². The van der Waals surface area contributed by atoms with Gasteiger partial charge in [-0.2, -0.15) is 5.10 Å². The van der Waals surface area contributed by atoms with Crippen molar-refractivity contribution in [3.63, 3.8) is 0 Å². The number of benzene rings is 2. The van der Waals surface area contributed by atoms with Crippen molar-refractivity contribution in [3.05, 3.63) is 72.2 Å². The molecule has 0 aliphatic heterocycles. The normalized spacial score (nSPS) is 11.2. The van der Waals surface area contributed by atoms with Gasteiger partial charge in [-0.25, -0.2) is 14.8 Å². The number of carbonyl (C=O) groups is 1. The predicted molar refractivity (Wildman–Crippen MR) is 105 cm³/mol. The zero-order chi connectivity index (χ0) is 19.3. The van der Waals surface area contributed by atoms with E-state index >= 15 is 0 Å². The van der Waals surface area contributed by atoms with Crippen molar-refractivity contribution in [1.82, 2.24) is 10.4 Å². The first kappa shape index (κ1) is 17.9. The number of fused-ring (bicyclic) bond motifs is 1. The summed E-state index contributed by atoms with van der Waals surface area (Å²) in [4.78, 5) is 16.3. The summed E-state index contributed by atoms with van der Waals surface area (Å²) in [5, 5.41) is 4.58. The van der Waals surface area contributed by atoms with E-state index in [1.807, 2.05) is 24.3 Å². The van der Waals surface area contributed by atoms with Crippen LogP contribution >= 0.6 is 11.3 Å². The average Bonchev–Trinajstić information content (AvgIpc) is 3.34. The summed E-state index contributed by atoms with van der Waals surface area (Å²) in [5.74, 6) is 0.0452. The molecule has 1 N–H and O–H groups in total. The second kappa shape index (κ2) is 8.01. The summed E-state index contributed by atoms with van der Waals surface area (Å²) in [6, 6.07) is 17.2. The number of para-hydroxylation sites is 2. The first-order valence-electron chi connectivity index (χ1n) is 8.34. The topological polar surface area (TPSA) is 76.7 Å². The van der Waals surface area contributed by atoms with E-state index in [9.17, 15) is 9.18 Å². The molecular weight excluding hydrogens is 381 g/mol. The number of nitrogens with zero attached hydrogens (tertiary/aromatic N) is 2. The summed E-state index contributed by atoms with van der Waals surface area (Å²) in [7, 11) is 0. The van der Waals surface area contributed by atoms with Crippen LogP contribution in [0.25, 0.3) is 21.0 Å². The van der Waals surface area contributed by atoms with E-state index in [-0.39, 0.29) is 12.4 Å². The molecule has 28 heavy (non-hydrogen) atoms. The molecule has 0 radical (unpaired) electrons. The van der Waals surface area contributed by atoms with Gasteiger partial charge >= 0.3 is 0 Å². The number of carbonyl (C=O) groups excluding carboxylic acids is 1. The van der Waals surface area contributed by atoms with Crippen LogP contribution in [0.15, 0.2) is 70.2 Å². The van der Waals surface area contributed by atoms with Gasteiger partial charge < -0.3 is 9.15 Å². The van der Waals surface area contributed by atoms with E-state index in [1.54, 1.807) is 24.3 Å². The number of hydrazone groups is 1. The number of hydrogen-bond donors (Lipinski definition) is 1. The molecule has 0 aliphatic rings. The Morgan fingerprint density at radius 1 is 1.18 bits per heavy atom. The molecule has 2 heterocycles. The predicted octanol–water partition coefficient (Wildman–Crippen LogP) is 4.22. The van der Waals surface area contributed by atoms with Crippen molar-refractivity contribution in [2.24, 2.45) is 5.10 Å². The molecular formula is C20H14FN3O3S. The Bertz CT molecular complexity index is 1120. The van der Waals surface area contributed by atoms with Gasteiger partial charge in [-0.3, -0.25) is 4.79 Å². The SMILES string of the molecule is O=C(COc1ccccc1F)N/N=C\c1ccc(-c2nc3ccccc3s2)o1. The fourth-order valence-electron chi connectivity index (χ4n) is 2.42.